The van der Waals surface area contributed by atoms with Gasteiger partial charge in [0.25, 0.3) is 0 Å². The molecular weight excluding hydrogens is 284 g/mol. The van der Waals surface area contributed by atoms with E-state index in [-0.39, 0.29) is 4.90 Å². The second kappa shape index (κ2) is 4.52. The van der Waals surface area contributed by atoms with Gasteiger partial charge in [-0.15, -0.1) is 0 Å². The lowest BCUT2D eigenvalue weighted by molar-refractivity contribution is 0.562. The average Bonchev–Trinajstić information content (AvgIpc) is 2.40. The van der Waals surface area contributed by atoms with Gasteiger partial charge in [0.15, 0.2) is 0 Å². The molecule has 2 aromatic rings. The third-order valence-electron chi connectivity index (χ3n) is 2.94. The van der Waals surface area contributed by atoms with E-state index in [4.69, 9.17) is 11.6 Å². The second-order valence-electron chi connectivity index (χ2n) is 4.25. The average molecular weight is 295 g/mol. The van der Waals surface area contributed by atoms with Gasteiger partial charge in [-0.2, -0.15) is 4.72 Å². The molecule has 1 aliphatic heterocycles. The maximum absolute atomic E-state index is 12.2. The Labute approximate surface area is 116 Å². The van der Waals surface area contributed by atoms with Gasteiger partial charge in [-0.3, -0.25) is 0 Å². The molecule has 1 aliphatic rings. The predicted molar refractivity (Wildman–Crippen MR) is 74.6 cm³/mol. The molecule has 4 nitrogen and oxygen atoms in total. The Morgan fingerprint density at radius 2 is 1.79 bits per heavy atom. The number of sulfonamides is 1. The molecule has 3 rings (SSSR count). The van der Waals surface area contributed by atoms with Crippen LogP contribution in [-0.4, -0.2) is 8.42 Å². The first-order chi connectivity index (χ1) is 9.06. The first kappa shape index (κ1) is 12.5. The molecule has 0 amide bonds. The minimum atomic E-state index is -3.56. The van der Waals surface area contributed by atoms with Gasteiger partial charge in [0.05, 0.1) is 5.69 Å². The summed E-state index contributed by atoms with van der Waals surface area (Å²) in [5.74, 6) is 0. The fourth-order valence-corrected chi connectivity index (χ4v) is 3.61. The van der Waals surface area contributed by atoms with Gasteiger partial charge in [-0.05, 0) is 23.8 Å². The zero-order valence-corrected chi connectivity index (χ0v) is 11.4. The monoisotopic (exact) mass is 294 g/mol. The summed E-state index contributed by atoms with van der Waals surface area (Å²) in [6.07, 6.45) is -0.472. The summed E-state index contributed by atoms with van der Waals surface area (Å²) in [4.78, 5) is 0.173. The Bertz CT molecular complexity index is 717. The Balaban J connectivity index is 2.07. The lowest BCUT2D eigenvalue weighted by Crippen LogP contribution is -2.38. The quantitative estimate of drug-likeness (QED) is 0.850. The maximum atomic E-state index is 12.2. The largest absolute Gasteiger partial charge is 0.364 e. The summed E-state index contributed by atoms with van der Waals surface area (Å²) in [5, 5.41) is 3.54. The van der Waals surface area contributed by atoms with Gasteiger partial charge in [0.2, 0.25) is 10.0 Å². The van der Waals surface area contributed by atoms with Crippen LogP contribution in [0.15, 0.2) is 53.4 Å². The molecule has 1 heterocycles. The standard InChI is InChI=1S/C13H11ClN2O2S/c14-10-6-7-11-12(8-10)19(17,18)16-13(15-11)9-4-2-1-3-5-9/h1-8,13,15-16H. The van der Waals surface area contributed by atoms with E-state index < -0.39 is 16.2 Å². The number of benzene rings is 2. The molecule has 2 N–H and O–H groups in total. The molecule has 0 saturated heterocycles. The number of rotatable bonds is 1. The van der Waals surface area contributed by atoms with Gasteiger partial charge >= 0.3 is 0 Å². The lowest BCUT2D eigenvalue weighted by Gasteiger charge is -2.28. The summed E-state index contributed by atoms with van der Waals surface area (Å²) >= 11 is 5.84. The van der Waals surface area contributed by atoms with E-state index in [0.717, 1.165) is 5.56 Å². The van der Waals surface area contributed by atoms with Crippen molar-refractivity contribution in [3.05, 3.63) is 59.1 Å². The van der Waals surface area contributed by atoms with E-state index in [2.05, 4.69) is 10.0 Å². The summed E-state index contributed by atoms with van der Waals surface area (Å²) < 4.78 is 27.0. The molecule has 0 bridgehead atoms. The fourth-order valence-electron chi connectivity index (χ4n) is 2.04. The topological polar surface area (TPSA) is 58.2 Å². The Kier molecular flexibility index (Phi) is 2.97. The summed E-state index contributed by atoms with van der Waals surface area (Å²) in [5.41, 5.74) is 1.41. The highest BCUT2D eigenvalue weighted by Gasteiger charge is 2.29. The maximum Gasteiger partial charge on any atom is 0.244 e. The highest BCUT2D eigenvalue weighted by molar-refractivity contribution is 7.89. The Morgan fingerprint density at radius 1 is 1.05 bits per heavy atom. The zero-order valence-electron chi connectivity index (χ0n) is 9.80. The van der Waals surface area contributed by atoms with Crippen LogP contribution in [0.4, 0.5) is 5.69 Å². The van der Waals surface area contributed by atoms with E-state index in [9.17, 15) is 8.42 Å². The van der Waals surface area contributed by atoms with Crippen LogP contribution in [0.3, 0.4) is 0 Å². The van der Waals surface area contributed by atoms with E-state index in [0.29, 0.717) is 10.7 Å². The van der Waals surface area contributed by atoms with Crippen molar-refractivity contribution < 1.29 is 8.42 Å². The van der Waals surface area contributed by atoms with Crippen molar-refractivity contribution in [1.82, 2.24) is 4.72 Å². The molecule has 0 saturated carbocycles. The number of halogens is 1. The molecule has 0 aromatic heterocycles. The third-order valence-corrected chi connectivity index (χ3v) is 4.64. The molecule has 19 heavy (non-hydrogen) atoms. The van der Waals surface area contributed by atoms with Gasteiger partial charge in [-0.1, -0.05) is 41.9 Å². The van der Waals surface area contributed by atoms with Crippen LogP contribution in [0.1, 0.15) is 11.7 Å². The minimum absolute atomic E-state index is 0.173. The number of hydrogen-bond donors (Lipinski definition) is 2. The van der Waals surface area contributed by atoms with Crippen LogP contribution in [-0.2, 0) is 10.0 Å². The first-order valence-corrected chi connectivity index (χ1v) is 7.56. The minimum Gasteiger partial charge on any atom is -0.364 e. The molecule has 1 atom stereocenters. The van der Waals surface area contributed by atoms with Gasteiger partial charge in [0.1, 0.15) is 11.1 Å². The highest BCUT2D eigenvalue weighted by atomic mass is 35.5. The molecule has 1 unspecified atom stereocenters. The summed E-state index contributed by atoms with van der Waals surface area (Å²) in [6, 6.07) is 14.1. The lowest BCUT2D eigenvalue weighted by atomic mass is 10.1. The molecule has 2 aromatic carbocycles. The number of anilines is 1. The van der Waals surface area contributed by atoms with Crippen molar-refractivity contribution >= 4 is 27.3 Å². The van der Waals surface area contributed by atoms with Crippen molar-refractivity contribution in [3.8, 4) is 0 Å². The highest BCUT2D eigenvalue weighted by Crippen LogP contribution is 2.32. The molecule has 0 spiro atoms. The van der Waals surface area contributed by atoms with Crippen LogP contribution in [0.25, 0.3) is 0 Å². The van der Waals surface area contributed by atoms with Gasteiger partial charge < -0.3 is 5.32 Å². The van der Waals surface area contributed by atoms with Crippen molar-refractivity contribution in [2.45, 2.75) is 11.1 Å². The predicted octanol–water partition coefficient (Wildman–Crippen LogP) is 2.74. The third kappa shape index (κ3) is 2.32. The smallest absolute Gasteiger partial charge is 0.244 e. The van der Waals surface area contributed by atoms with Crippen LogP contribution in [0.2, 0.25) is 5.02 Å². The molecule has 0 fully saturated rings. The Morgan fingerprint density at radius 3 is 2.53 bits per heavy atom. The SMILES string of the molecule is O=S1(=O)NC(c2ccccc2)Nc2ccc(Cl)cc21. The van der Waals surface area contributed by atoms with Crippen molar-refractivity contribution in [1.29, 1.82) is 0 Å². The van der Waals surface area contributed by atoms with Crippen molar-refractivity contribution in [2.24, 2.45) is 0 Å². The van der Waals surface area contributed by atoms with E-state index in [1.54, 1.807) is 12.1 Å². The summed E-state index contributed by atoms with van der Waals surface area (Å²) in [6.45, 7) is 0. The van der Waals surface area contributed by atoms with Gasteiger partial charge in [0, 0.05) is 5.02 Å². The summed E-state index contributed by atoms with van der Waals surface area (Å²) in [7, 11) is -3.56. The van der Waals surface area contributed by atoms with Crippen LogP contribution < -0.4 is 10.0 Å². The fraction of sp³-hybridized carbons (Fsp3) is 0.0769. The second-order valence-corrected chi connectivity index (χ2v) is 6.37. The molecule has 98 valence electrons. The zero-order chi connectivity index (χ0) is 13.5. The Hall–Kier alpha value is -1.56. The number of nitrogens with one attached hydrogen (secondary N) is 2. The number of hydrogen-bond acceptors (Lipinski definition) is 3. The van der Waals surface area contributed by atoms with Crippen molar-refractivity contribution in [3.63, 3.8) is 0 Å². The van der Waals surface area contributed by atoms with Crippen LogP contribution in [0.5, 0.6) is 0 Å². The number of fused-ring (bicyclic) bond motifs is 1. The van der Waals surface area contributed by atoms with E-state index >= 15 is 0 Å². The van der Waals surface area contributed by atoms with Crippen molar-refractivity contribution in [2.75, 3.05) is 5.32 Å². The molecule has 0 aliphatic carbocycles. The first-order valence-electron chi connectivity index (χ1n) is 5.70. The van der Waals surface area contributed by atoms with Crippen LogP contribution >= 0.6 is 11.6 Å². The molecule has 0 radical (unpaired) electrons. The van der Waals surface area contributed by atoms with Gasteiger partial charge in [-0.25, -0.2) is 8.42 Å². The molecular formula is C13H11ClN2O2S. The normalized spacial score (nSPS) is 20.4. The molecule has 6 heteroatoms. The van der Waals surface area contributed by atoms with Crippen LogP contribution in [0, 0.1) is 0 Å². The van der Waals surface area contributed by atoms with E-state index in [1.165, 1.54) is 6.07 Å². The van der Waals surface area contributed by atoms with E-state index in [1.807, 2.05) is 30.3 Å².